The Kier molecular flexibility index (Phi) is 4.95. The minimum absolute atomic E-state index is 0.370. The van der Waals surface area contributed by atoms with E-state index in [4.69, 9.17) is 9.47 Å². The summed E-state index contributed by atoms with van der Waals surface area (Å²) in [6.45, 7) is 2.56. The second-order valence-electron chi connectivity index (χ2n) is 4.22. The van der Waals surface area contributed by atoms with Crippen molar-refractivity contribution in [2.45, 2.75) is 13.3 Å². The molecule has 2 rings (SSSR count). The number of aromatic nitrogens is 1. The van der Waals surface area contributed by atoms with Crippen LogP contribution < -0.4 is 9.47 Å². The Labute approximate surface area is 125 Å². The zero-order valence-electron chi connectivity index (χ0n) is 11.3. The topological polar surface area (TPSA) is 31.4 Å². The minimum Gasteiger partial charge on any atom is -0.493 e. The summed E-state index contributed by atoms with van der Waals surface area (Å²) in [6.07, 6.45) is 4.13. The van der Waals surface area contributed by atoms with Gasteiger partial charge in [-0.25, -0.2) is 4.39 Å². The summed E-state index contributed by atoms with van der Waals surface area (Å²) in [5.41, 5.74) is 1.12. The molecule has 0 saturated heterocycles. The van der Waals surface area contributed by atoms with Crippen molar-refractivity contribution in [3.8, 4) is 22.6 Å². The molecule has 0 amide bonds. The van der Waals surface area contributed by atoms with Crippen LogP contribution in [-0.4, -0.2) is 18.7 Å². The molecule has 0 saturated carbocycles. The molecule has 0 atom stereocenters. The van der Waals surface area contributed by atoms with Crippen molar-refractivity contribution in [2.24, 2.45) is 0 Å². The molecular formula is C15H15BrFNO2. The molecular weight excluding hydrogens is 325 g/mol. The first kappa shape index (κ1) is 14.8. The van der Waals surface area contributed by atoms with Gasteiger partial charge in [-0.05, 0) is 34.5 Å². The lowest BCUT2D eigenvalue weighted by atomic mass is 10.1. The van der Waals surface area contributed by atoms with Gasteiger partial charge in [0.05, 0.1) is 13.7 Å². The van der Waals surface area contributed by atoms with Gasteiger partial charge in [-0.3, -0.25) is 4.98 Å². The Balaban J connectivity index is 2.47. The highest BCUT2D eigenvalue weighted by Gasteiger charge is 2.13. The summed E-state index contributed by atoms with van der Waals surface area (Å²) in [5, 5.41) is 0. The monoisotopic (exact) mass is 339 g/mol. The molecule has 2 aromatic rings. The molecule has 0 radical (unpaired) electrons. The molecule has 5 heteroatoms. The van der Waals surface area contributed by atoms with Gasteiger partial charge in [0.1, 0.15) is 5.82 Å². The van der Waals surface area contributed by atoms with E-state index in [2.05, 4.69) is 20.9 Å². The highest BCUT2D eigenvalue weighted by atomic mass is 79.9. The van der Waals surface area contributed by atoms with E-state index in [0.29, 0.717) is 29.2 Å². The van der Waals surface area contributed by atoms with Crippen LogP contribution in [0.3, 0.4) is 0 Å². The Bertz CT molecular complexity index is 604. The van der Waals surface area contributed by atoms with Gasteiger partial charge >= 0.3 is 0 Å². The number of rotatable bonds is 5. The van der Waals surface area contributed by atoms with Gasteiger partial charge in [-0.1, -0.05) is 6.92 Å². The van der Waals surface area contributed by atoms with Crippen LogP contribution in [0.4, 0.5) is 4.39 Å². The number of halogens is 2. The molecule has 0 fully saturated rings. The van der Waals surface area contributed by atoms with Crippen LogP contribution in [0.5, 0.6) is 11.5 Å². The van der Waals surface area contributed by atoms with Crippen molar-refractivity contribution in [3.05, 3.63) is 40.9 Å². The molecule has 0 aliphatic carbocycles. The molecule has 106 valence electrons. The largest absolute Gasteiger partial charge is 0.493 e. The van der Waals surface area contributed by atoms with Gasteiger partial charge in [0.25, 0.3) is 0 Å². The van der Waals surface area contributed by atoms with Crippen molar-refractivity contribution in [2.75, 3.05) is 13.7 Å². The zero-order chi connectivity index (χ0) is 14.5. The number of hydrogen-bond acceptors (Lipinski definition) is 3. The average molecular weight is 340 g/mol. The molecule has 0 bridgehead atoms. The van der Waals surface area contributed by atoms with Gasteiger partial charge in [0, 0.05) is 34.1 Å². The number of pyridine rings is 1. The first-order valence-electron chi connectivity index (χ1n) is 6.27. The Morgan fingerprint density at radius 3 is 2.65 bits per heavy atom. The number of methoxy groups -OCH3 is 1. The second kappa shape index (κ2) is 6.70. The number of ether oxygens (including phenoxy) is 2. The lowest BCUT2D eigenvalue weighted by molar-refractivity contribution is 0.293. The summed E-state index contributed by atoms with van der Waals surface area (Å²) in [7, 11) is 1.49. The molecule has 20 heavy (non-hydrogen) atoms. The summed E-state index contributed by atoms with van der Waals surface area (Å²) >= 11 is 3.33. The summed E-state index contributed by atoms with van der Waals surface area (Å²) < 4.78 is 25.7. The Hall–Kier alpha value is -1.62. The zero-order valence-corrected chi connectivity index (χ0v) is 12.9. The van der Waals surface area contributed by atoms with E-state index in [1.54, 1.807) is 18.5 Å². The number of nitrogens with zero attached hydrogens (tertiary/aromatic N) is 1. The van der Waals surface area contributed by atoms with Crippen LogP contribution >= 0.6 is 15.9 Å². The Morgan fingerprint density at radius 2 is 2.00 bits per heavy atom. The maximum absolute atomic E-state index is 14.2. The lowest BCUT2D eigenvalue weighted by Crippen LogP contribution is -1.99. The molecule has 1 heterocycles. The predicted octanol–water partition coefficient (Wildman–Crippen LogP) is 4.45. The van der Waals surface area contributed by atoms with Crippen LogP contribution in [0.15, 0.2) is 35.1 Å². The SMILES string of the molecule is CCCOc1cc(-c2cncc(Br)c2)c(F)cc1OC. The van der Waals surface area contributed by atoms with E-state index in [1.807, 2.05) is 13.0 Å². The Morgan fingerprint density at radius 1 is 1.20 bits per heavy atom. The third-order valence-corrected chi connectivity index (χ3v) is 3.16. The third-order valence-electron chi connectivity index (χ3n) is 2.73. The fraction of sp³-hybridized carbons (Fsp3) is 0.267. The van der Waals surface area contributed by atoms with Crippen molar-refractivity contribution in [1.29, 1.82) is 0 Å². The third kappa shape index (κ3) is 3.28. The fourth-order valence-corrected chi connectivity index (χ4v) is 2.16. The van der Waals surface area contributed by atoms with Gasteiger partial charge in [0.15, 0.2) is 11.5 Å². The van der Waals surface area contributed by atoms with Gasteiger partial charge in [0.2, 0.25) is 0 Å². The maximum Gasteiger partial charge on any atom is 0.163 e. The predicted molar refractivity (Wildman–Crippen MR) is 79.7 cm³/mol. The number of hydrogen-bond donors (Lipinski definition) is 0. The highest BCUT2D eigenvalue weighted by molar-refractivity contribution is 9.10. The lowest BCUT2D eigenvalue weighted by Gasteiger charge is -2.13. The van der Waals surface area contributed by atoms with Gasteiger partial charge in [-0.15, -0.1) is 0 Å². The standard InChI is InChI=1S/C15H15BrFNO2/c1-3-4-20-15-6-12(13(17)7-14(15)19-2)10-5-11(16)9-18-8-10/h5-9H,3-4H2,1-2H3. The molecule has 1 aromatic carbocycles. The van der Waals surface area contributed by atoms with E-state index in [0.717, 1.165) is 10.9 Å². The summed E-state index contributed by atoms with van der Waals surface area (Å²) in [6, 6.07) is 4.79. The molecule has 3 nitrogen and oxygen atoms in total. The molecule has 1 aromatic heterocycles. The quantitative estimate of drug-likeness (QED) is 0.806. The second-order valence-corrected chi connectivity index (χ2v) is 5.14. The maximum atomic E-state index is 14.2. The van der Waals surface area contributed by atoms with Gasteiger partial charge < -0.3 is 9.47 Å². The van der Waals surface area contributed by atoms with Crippen molar-refractivity contribution in [1.82, 2.24) is 4.98 Å². The fourth-order valence-electron chi connectivity index (χ4n) is 1.80. The first-order valence-corrected chi connectivity index (χ1v) is 7.06. The van der Waals surface area contributed by atoms with E-state index in [-0.39, 0.29) is 5.82 Å². The normalized spacial score (nSPS) is 10.4. The van der Waals surface area contributed by atoms with Crippen molar-refractivity contribution < 1.29 is 13.9 Å². The molecule has 0 unspecified atom stereocenters. The summed E-state index contributed by atoms with van der Waals surface area (Å²) in [5.74, 6) is 0.555. The highest BCUT2D eigenvalue weighted by Crippen LogP contribution is 2.35. The average Bonchev–Trinajstić information content (AvgIpc) is 2.45. The van der Waals surface area contributed by atoms with Crippen LogP contribution in [-0.2, 0) is 0 Å². The number of benzene rings is 1. The van der Waals surface area contributed by atoms with E-state index in [1.165, 1.54) is 13.2 Å². The minimum atomic E-state index is -0.370. The molecule has 0 aliphatic rings. The van der Waals surface area contributed by atoms with E-state index < -0.39 is 0 Å². The van der Waals surface area contributed by atoms with Crippen LogP contribution in [0.2, 0.25) is 0 Å². The van der Waals surface area contributed by atoms with Gasteiger partial charge in [-0.2, -0.15) is 0 Å². The molecule has 0 N–H and O–H groups in total. The first-order chi connectivity index (χ1) is 9.65. The smallest absolute Gasteiger partial charge is 0.163 e. The van der Waals surface area contributed by atoms with Crippen molar-refractivity contribution in [3.63, 3.8) is 0 Å². The van der Waals surface area contributed by atoms with Crippen molar-refractivity contribution >= 4 is 15.9 Å². The van der Waals surface area contributed by atoms with Crippen LogP contribution in [0.1, 0.15) is 13.3 Å². The van der Waals surface area contributed by atoms with E-state index >= 15 is 0 Å². The summed E-state index contributed by atoms with van der Waals surface area (Å²) in [4.78, 5) is 4.05. The van der Waals surface area contributed by atoms with Crippen LogP contribution in [0, 0.1) is 5.82 Å². The molecule has 0 spiro atoms. The molecule has 0 aliphatic heterocycles. The van der Waals surface area contributed by atoms with Crippen LogP contribution in [0.25, 0.3) is 11.1 Å². The van der Waals surface area contributed by atoms with E-state index in [9.17, 15) is 4.39 Å².